The maximum atomic E-state index is 5.80. The van der Waals surface area contributed by atoms with Gasteiger partial charge < -0.3 is 10.1 Å². The average Bonchev–Trinajstić information content (AvgIpc) is 2.85. The largest absolute Gasteiger partial charge is 0.378 e. The maximum absolute atomic E-state index is 5.80. The van der Waals surface area contributed by atoms with Gasteiger partial charge in [0, 0.05) is 12.0 Å². The van der Waals surface area contributed by atoms with Crippen molar-refractivity contribution in [3.8, 4) is 0 Å². The van der Waals surface area contributed by atoms with Gasteiger partial charge in [0.15, 0.2) is 0 Å². The minimum Gasteiger partial charge on any atom is -0.378 e. The monoisotopic (exact) mass is 287 g/mol. The van der Waals surface area contributed by atoms with E-state index in [1.165, 1.54) is 43.2 Å². The Morgan fingerprint density at radius 2 is 2.00 bits per heavy atom. The van der Waals surface area contributed by atoms with Crippen LogP contribution < -0.4 is 5.32 Å². The molecule has 1 aromatic carbocycles. The molecule has 0 aromatic heterocycles. The van der Waals surface area contributed by atoms with Gasteiger partial charge in [0.1, 0.15) is 0 Å². The Bertz CT molecular complexity index is 437. The van der Waals surface area contributed by atoms with E-state index in [1.54, 1.807) is 0 Å². The molecule has 1 heterocycles. The van der Waals surface area contributed by atoms with Crippen molar-refractivity contribution in [1.29, 1.82) is 0 Å². The lowest BCUT2D eigenvalue weighted by molar-refractivity contribution is 0.117. The summed E-state index contributed by atoms with van der Waals surface area (Å²) >= 11 is 0. The van der Waals surface area contributed by atoms with Crippen LogP contribution in [0.25, 0.3) is 0 Å². The maximum Gasteiger partial charge on any atom is 0.0551 e. The summed E-state index contributed by atoms with van der Waals surface area (Å²) in [6, 6.07) is 9.87. The van der Waals surface area contributed by atoms with Crippen molar-refractivity contribution in [2.45, 2.75) is 64.0 Å². The Hall–Kier alpha value is -0.860. The molecular formula is C19H29NO. The molecule has 116 valence electrons. The van der Waals surface area contributed by atoms with Gasteiger partial charge in [-0.2, -0.15) is 0 Å². The molecule has 3 atom stereocenters. The third kappa shape index (κ3) is 3.49. The fourth-order valence-corrected chi connectivity index (χ4v) is 3.66. The highest BCUT2D eigenvalue weighted by Gasteiger charge is 2.30. The molecule has 1 aliphatic carbocycles. The predicted octanol–water partition coefficient (Wildman–Crippen LogP) is 4.42. The summed E-state index contributed by atoms with van der Waals surface area (Å²) in [6.45, 7) is 6.40. The summed E-state index contributed by atoms with van der Waals surface area (Å²) < 4.78 is 5.80. The van der Waals surface area contributed by atoms with Crippen molar-refractivity contribution in [3.63, 3.8) is 0 Å². The second-order valence-electron chi connectivity index (χ2n) is 6.87. The molecule has 0 amide bonds. The molecule has 1 aromatic rings. The van der Waals surface area contributed by atoms with Crippen LogP contribution in [0, 0.1) is 5.92 Å². The molecule has 2 aliphatic rings. The zero-order valence-electron chi connectivity index (χ0n) is 13.5. The molecule has 1 N–H and O–H groups in total. The lowest BCUT2D eigenvalue weighted by atomic mass is 9.79. The topological polar surface area (TPSA) is 21.3 Å². The standard InChI is InChI=1S/C19H29NO/c1-3-11-20-19(18-12-14(2)21-13-18)17-9-7-16(8-10-17)15-5-4-6-15/h7-10,14-15,18-20H,3-6,11-13H2,1-2H3. The van der Waals surface area contributed by atoms with E-state index in [-0.39, 0.29) is 0 Å². The second-order valence-corrected chi connectivity index (χ2v) is 6.87. The minimum absolute atomic E-state index is 0.412. The van der Waals surface area contributed by atoms with Gasteiger partial charge in [-0.05, 0) is 56.2 Å². The number of rotatable bonds is 6. The van der Waals surface area contributed by atoms with Crippen LogP contribution in [-0.4, -0.2) is 19.3 Å². The first kappa shape index (κ1) is 15.1. The van der Waals surface area contributed by atoms with Crippen LogP contribution in [-0.2, 0) is 4.74 Å². The zero-order chi connectivity index (χ0) is 14.7. The lowest BCUT2D eigenvalue weighted by Gasteiger charge is -2.28. The zero-order valence-corrected chi connectivity index (χ0v) is 13.5. The van der Waals surface area contributed by atoms with E-state index in [0.717, 1.165) is 19.1 Å². The Labute approximate surface area is 129 Å². The number of nitrogens with one attached hydrogen (secondary N) is 1. The van der Waals surface area contributed by atoms with Crippen molar-refractivity contribution in [2.75, 3.05) is 13.2 Å². The van der Waals surface area contributed by atoms with Crippen molar-refractivity contribution in [3.05, 3.63) is 35.4 Å². The summed E-state index contributed by atoms with van der Waals surface area (Å²) in [7, 11) is 0. The van der Waals surface area contributed by atoms with Crippen molar-refractivity contribution >= 4 is 0 Å². The van der Waals surface area contributed by atoms with Gasteiger partial charge in [-0.3, -0.25) is 0 Å². The molecule has 0 bridgehead atoms. The number of benzene rings is 1. The predicted molar refractivity (Wildman–Crippen MR) is 87.6 cm³/mol. The first-order chi connectivity index (χ1) is 10.3. The number of hydrogen-bond acceptors (Lipinski definition) is 2. The van der Waals surface area contributed by atoms with E-state index in [0.29, 0.717) is 18.1 Å². The van der Waals surface area contributed by atoms with Gasteiger partial charge in [0.2, 0.25) is 0 Å². The average molecular weight is 287 g/mol. The molecule has 1 aliphatic heterocycles. The SMILES string of the molecule is CCCNC(c1ccc(C2CCC2)cc1)C1COC(C)C1. The summed E-state index contributed by atoms with van der Waals surface area (Å²) in [4.78, 5) is 0. The summed E-state index contributed by atoms with van der Waals surface area (Å²) in [5, 5.41) is 3.74. The van der Waals surface area contributed by atoms with E-state index in [2.05, 4.69) is 43.4 Å². The van der Waals surface area contributed by atoms with Gasteiger partial charge in [-0.15, -0.1) is 0 Å². The van der Waals surface area contributed by atoms with Gasteiger partial charge in [-0.25, -0.2) is 0 Å². The molecule has 0 radical (unpaired) electrons. The first-order valence-corrected chi connectivity index (χ1v) is 8.72. The molecule has 2 fully saturated rings. The van der Waals surface area contributed by atoms with Crippen LogP contribution in [0.4, 0.5) is 0 Å². The van der Waals surface area contributed by atoms with Crippen LogP contribution >= 0.6 is 0 Å². The van der Waals surface area contributed by atoms with E-state index in [1.807, 2.05) is 0 Å². The van der Waals surface area contributed by atoms with Crippen LogP contribution in [0.5, 0.6) is 0 Å². The van der Waals surface area contributed by atoms with Crippen LogP contribution in [0.1, 0.15) is 69.0 Å². The smallest absolute Gasteiger partial charge is 0.0551 e. The highest BCUT2D eigenvalue weighted by Crippen LogP contribution is 2.37. The Morgan fingerprint density at radius 1 is 1.24 bits per heavy atom. The van der Waals surface area contributed by atoms with Gasteiger partial charge in [0.05, 0.1) is 12.7 Å². The minimum atomic E-state index is 0.412. The normalized spacial score (nSPS) is 27.5. The van der Waals surface area contributed by atoms with Crippen molar-refractivity contribution in [1.82, 2.24) is 5.32 Å². The van der Waals surface area contributed by atoms with Gasteiger partial charge in [0.25, 0.3) is 0 Å². The summed E-state index contributed by atoms with van der Waals surface area (Å²) in [5.74, 6) is 1.44. The molecule has 2 heteroatoms. The fraction of sp³-hybridized carbons (Fsp3) is 0.684. The quantitative estimate of drug-likeness (QED) is 0.836. The van der Waals surface area contributed by atoms with Crippen LogP contribution in [0.15, 0.2) is 24.3 Å². The molecule has 1 saturated heterocycles. The highest BCUT2D eigenvalue weighted by molar-refractivity contribution is 5.29. The molecule has 3 unspecified atom stereocenters. The van der Waals surface area contributed by atoms with E-state index in [9.17, 15) is 0 Å². The third-order valence-corrected chi connectivity index (χ3v) is 5.19. The van der Waals surface area contributed by atoms with E-state index < -0.39 is 0 Å². The number of ether oxygens (including phenoxy) is 1. The number of hydrogen-bond donors (Lipinski definition) is 1. The molecule has 3 rings (SSSR count). The molecular weight excluding hydrogens is 258 g/mol. The Morgan fingerprint density at radius 3 is 2.52 bits per heavy atom. The van der Waals surface area contributed by atoms with Crippen molar-refractivity contribution in [2.24, 2.45) is 5.92 Å². The van der Waals surface area contributed by atoms with E-state index >= 15 is 0 Å². The lowest BCUT2D eigenvalue weighted by Crippen LogP contribution is -2.29. The summed E-state index contributed by atoms with van der Waals surface area (Å²) in [5.41, 5.74) is 2.98. The van der Waals surface area contributed by atoms with Gasteiger partial charge in [-0.1, -0.05) is 37.6 Å². The van der Waals surface area contributed by atoms with E-state index in [4.69, 9.17) is 4.74 Å². The van der Waals surface area contributed by atoms with Crippen LogP contribution in [0.3, 0.4) is 0 Å². The Balaban J connectivity index is 1.71. The molecule has 21 heavy (non-hydrogen) atoms. The van der Waals surface area contributed by atoms with Crippen LogP contribution in [0.2, 0.25) is 0 Å². The van der Waals surface area contributed by atoms with Crippen molar-refractivity contribution < 1.29 is 4.74 Å². The Kier molecular flexibility index (Phi) is 4.97. The second kappa shape index (κ2) is 6.93. The molecule has 1 saturated carbocycles. The fourth-order valence-electron chi connectivity index (χ4n) is 3.66. The first-order valence-electron chi connectivity index (χ1n) is 8.72. The highest BCUT2D eigenvalue weighted by atomic mass is 16.5. The third-order valence-electron chi connectivity index (χ3n) is 5.19. The van der Waals surface area contributed by atoms with Gasteiger partial charge >= 0.3 is 0 Å². The molecule has 2 nitrogen and oxygen atoms in total. The molecule has 0 spiro atoms. The summed E-state index contributed by atoms with van der Waals surface area (Å²) in [6.07, 6.45) is 6.93.